The predicted molar refractivity (Wildman–Crippen MR) is 81.7 cm³/mol. The summed E-state index contributed by atoms with van der Waals surface area (Å²) in [5.41, 5.74) is 1.67. The standard InChI is InChI=1S/C17H19N3/c1-2-13-6-5-9-20(12-13)17-15(11-18)10-14-7-3-4-8-16(14)19-17/h3-4,7-8,10,13H,2,5-6,9,12H2,1H3. The molecule has 20 heavy (non-hydrogen) atoms. The number of rotatable bonds is 2. The number of para-hydroxylation sites is 1. The number of nitriles is 1. The van der Waals surface area contributed by atoms with Gasteiger partial charge in [-0.05, 0) is 30.9 Å². The van der Waals surface area contributed by atoms with E-state index in [1.54, 1.807) is 0 Å². The van der Waals surface area contributed by atoms with Gasteiger partial charge in [0.15, 0.2) is 0 Å². The minimum Gasteiger partial charge on any atom is -0.355 e. The van der Waals surface area contributed by atoms with Gasteiger partial charge in [0.05, 0.1) is 11.1 Å². The summed E-state index contributed by atoms with van der Waals surface area (Å²) in [5, 5.41) is 10.5. The number of anilines is 1. The molecule has 1 saturated heterocycles. The maximum absolute atomic E-state index is 9.41. The van der Waals surface area contributed by atoms with Crippen LogP contribution in [0.4, 0.5) is 5.82 Å². The number of pyridine rings is 1. The van der Waals surface area contributed by atoms with Crippen LogP contribution >= 0.6 is 0 Å². The Hall–Kier alpha value is -2.08. The van der Waals surface area contributed by atoms with Crippen LogP contribution in [-0.4, -0.2) is 18.1 Å². The first-order valence-corrected chi connectivity index (χ1v) is 7.36. The molecule has 3 nitrogen and oxygen atoms in total. The molecule has 3 heteroatoms. The molecule has 0 amide bonds. The Labute approximate surface area is 119 Å². The monoisotopic (exact) mass is 265 g/mol. The van der Waals surface area contributed by atoms with Crippen molar-refractivity contribution in [3.63, 3.8) is 0 Å². The van der Waals surface area contributed by atoms with E-state index in [0.717, 1.165) is 35.7 Å². The van der Waals surface area contributed by atoms with Crippen molar-refractivity contribution in [1.82, 2.24) is 4.98 Å². The van der Waals surface area contributed by atoms with Gasteiger partial charge in [-0.2, -0.15) is 5.26 Å². The van der Waals surface area contributed by atoms with Crippen molar-refractivity contribution >= 4 is 16.7 Å². The average molecular weight is 265 g/mol. The Kier molecular flexibility index (Phi) is 3.56. The Balaban J connectivity index is 2.03. The lowest BCUT2D eigenvalue weighted by molar-refractivity contribution is 0.403. The number of fused-ring (bicyclic) bond motifs is 1. The molecule has 0 aliphatic carbocycles. The first-order chi connectivity index (χ1) is 9.81. The lowest BCUT2D eigenvalue weighted by atomic mass is 9.95. The average Bonchev–Trinajstić information content (AvgIpc) is 2.53. The van der Waals surface area contributed by atoms with Gasteiger partial charge < -0.3 is 4.90 Å². The summed E-state index contributed by atoms with van der Waals surface area (Å²) in [5.74, 6) is 1.59. The van der Waals surface area contributed by atoms with Gasteiger partial charge in [0, 0.05) is 18.5 Å². The molecular weight excluding hydrogens is 246 g/mol. The van der Waals surface area contributed by atoms with Crippen molar-refractivity contribution in [3.8, 4) is 6.07 Å². The molecule has 0 saturated carbocycles. The lowest BCUT2D eigenvalue weighted by Crippen LogP contribution is -2.36. The van der Waals surface area contributed by atoms with Gasteiger partial charge >= 0.3 is 0 Å². The van der Waals surface area contributed by atoms with E-state index in [1.165, 1.54) is 19.3 Å². The molecule has 2 aromatic rings. The summed E-state index contributed by atoms with van der Waals surface area (Å²) in [6, 6.07) is 12.3. The van der Waals surface area contributed by atoms with Crippen molar-refractivity contribution in [3.05, 3.63) is 35.9 Å². The van der Waals surface area contributed by atoms with Crippen LogP contribution in [0.15, 0.2) is 30.3 Å². The number of nitrogens with zero attached hydrogens (tertiary/aromatic N) is 3. The van der Waals surface area contributed by atoms with Gasteiger partial charge in [-0.1, -0.05) is 31.5 Å². The second-order valence-electron chi connectivity index (χ2n) is 5.53. The molecule has 1 fully saturated rings. The molecule has 2 heterocycles. The van der Waals surface area contributed by atoms with E-state index in [9.17, 15) is 5.26 Å². The first kappa shape index (κ1) is 12.9. The van der Waals surface area contributed by atoms with Gasteiger partial charge in [-0.25, -0.2) is 4.98 Å². The summed E-state index contributed by atoms with van der Waals surface area (Å²) >= 11 is 0. The molecule has 1 atom stereocenters. The van der Waals surface area contributed by atoms with E-state index in [1.807, 2.05) is 30.3 Å². The number of hydrogen-bond donors (Lipinski definition) is 0. The Bertz CT molecular complexity index is 657. The zero-order valence-electron chi connectivity index (χ0n) is 11.8. The maximum Gasteiger partial charge on any atom is 0.147 e. The number of hydrogen-bond acceptors (Lipinski definition) is 3. The minimum absolute atomic E-state index is 0.695. The first-order valence-electron chi connectivity index (χ1n) is 7.36. The fourth-order valence-corrected chi connectivity index (χ4v) is 3.02. The molecular formula is C17H19N3. The Morgan fingerprint density at radius 1 is 1.40 bits per heavy atom. The molecule has 0 spiro atoms. The van der Waals surface area contributed by atoms with Crippen LogP contribution in [0.2, 0.25) is 0 Å². The quantitative estimate of drug-likeness (QED) is 0.830. The molecule has 102 valence electrons. The van der Waals surface area contributed by atoms with Gasteiger partial charge in [-0.15, -0.1) is 0 Å². The van der Waals surface area contributed by atoms with E-state index >= 15 is 0 Å². The van der Waals surface area contributed by atoms with Crippen LogP contribution < -0.4 is 4.90 Å². The molecule has 3 rings (SSSR count). The fourth-order valence-electron chi connectivity index (χ4n) is 3.02. The zero-order chi connectivity index (χ0) is 13.9. The summed E-state index contributed by atoms with van der Waals surface area (Å²) < 4.78 is 0. The van der Waals surface area contributed by atoms with E-state index in [4.69, 9.17) is 4.98 Å². The maximum atomic E-state index is 9.41. The second kappa shape index (κ2) is 5.50. The van der Waals surface area contributed by atoms with Crippen molar-refractivity contribution in [1.29, 1.82) is 5.26 Å². The molecule has 0 bridgehead atoms. The topological polar surface area (TPSA) is 39.9 Å². The summed E-state index contributed by atoms with van der Waals surface area (Å²) in [6.45, 7) is 4.28. The highest BCUT2D eigenvalue weighted by Crippen LogP contribution is 2.28. The van der Waals surface area contributed by atoms with Crippen LogP contribution in [-0.2, 0) is 0 Å². The van der Waals surface area contributed by atoms with Crippen LogP contribution in [0.1, 0.15) is 31.7 Å². The smallest absolute Gasteiger partial charge is 0.147 e. The van der Waals surface area contributed by atoms with Gasteiger partial charge in [0.25, 0.3) is 0 Å². The summed E-state index contributed by atoms with van der Waals surface area (Å²) in [6.07, 6.45) is 3.69. The molecule has 0 radical (unpaired) electrons. The third-order valence-corrected chi connectivity index (χ3v) is 4.22. The van der Waals surface area contributed by atoms with Crippen LogP contribution in [0.5, 0.6) is 0 Å². The highest BCUT2D eigenvalue weighted by Gasteiger charge is 2.22. The van der Waals surface area contributed by atoms with E-state index in [0.29, 0.717) is 5.56 Å². The third-order valence-electron chi connectivity index (χ3n) is 4.22. The van der Waals surface area contributed by atoms with Crippen molar-refractivity contribution < 1.29 is 0 Å². The third kappa shape index (κ3) is 2.34. The van der Waals surface area contributed by atoms with Gasteiger partial charge in [0.1, 0.15) is 11.9 Å². The second-order valence-corrected chi connectivity index (χ2v) is 5.53. The van der Waals surface area contributed by atoms with Crippen LogP contribution in [0.3, 0.4) is 0 Å². The number of benzene rings is 1. The van der Waals surface area contributed by atoms with E-state index in [-0.39, 0.29) is 0 Å². The minimum atomic E-state index is 0.695. The van der Waals surface area contributed by atoms with E-state index < -0.39 is 0 Å². The van der Waals surface area contributed by atoms with Crippen LogP contribution in [0.25, 0.3) is 10.9 Å². The molecule has 1 aliphatic heterocycles. The van der Waals surface area contributed by atoms with Crippen molar-refractivity contribution in [2.24, 2.45) is 5.92 Å². The lowest BCUT2D eigenvalue weighted by Gasteiger charge is -2.33. The fraction of sp³-hybridized carbons (Fsp3) is 0.412. The van der Waals surface area contributed by atoms with Crippen molar-refractivity contribution in [2.75, 3.05) is 18.0 Å². The number of aromatic nitrogens is 1. The van der Waals surface area contributed by atoms with E-state index in [2.05, 4.69) is 17.9 Å². The molecule has 1 aromatic carbocycles. The Morgan fingerprint density at radius 2 is 2.25 bits per heavy atom. The van der Waals surface area contributed by atoms with Crippen molar-refractivity contribution in [2.45, 2.75) is 26.2 Å². The highest BCUT2D eigenvalue weighted by molar-refractivity contribution is 5.83. The largest absolute Gasteiger partial charge is 0.355 e. The summed E-state index contributed by atoms with van der Waals surface area (Å²) in [4.78, 5) is 7.04. The van der Waals surface area contributed by atoms with Gasteiger partial charge in [-0.3, -0.25) is 0 Å². The Morgan fingerprint density at radius 3 is 3.05 bits per heavy atom. The normalized spacial score (nSPS) is 19.0. The molecule has 1 unspecified atom stereocenters. The number of piperidine rings is 1. The van der Waals surface area contributed by atoms with Crippen LogP contribution in [0, 0.1) is 17.2 Å². The molecule has 1 aromatic heterocycles. The predicted octanol–water partition coefficient (Wildman–Crippen LogP) is 3.73. The molecule has 1 aliphatic rings. The zero-order valence-corrected chi connectivity index (χ0v) is 11.8. The van der Waals surface area contributed by atoms with Gasteiger partial charge in [0.2, 0.25) is 0 Å². The SMILES string of the molecule is CCC1CCCN(c2nc3ccccc3cc2C#N)C1. The summed E-state index contributed by atoms with van der Waals surface area (Å²) in [7, 11) is 0. The molecule has 0 N–H and O–H groups in total. The highest BCUT2D eigenvalue weighted by atomic mass is 15.2.